The van der Waals surface area contributed by atoms with Gasteiger partial charge in [0.25, 0.3) is 0 Å². The van der Waals surface area contributed by atoms with Crippen molar-refractivity contribution in [2.45, 2.75) is 6.17 Å². The van der Waals surface area contributed by atoms with Crippen LogP contribution in [0.25, 0.3) is 0 Å². The molecule has 0 bridgehead atoms. The lowest BCUT2D eigenvalue weighted by atomic mass is 10.4. The van der Waals surface area contributed by atoms with Crippen molar-refractivity contribution in [2.75, 3.05) is 19.6 Å². The summed E-state index contributed by atoms with van der Waals surface area (Å²) in [7, 11) is 0. The molecule has 0 aliphatic carbocycles. The second-order valence-electron chi connectivity index (χ2n) is 1.93. The largest absolute Gasteiger partial charge is 0.315 e. The molecule has 4 heteroatoms. The second kappa shape index (κ2) is 2.95. The molecule has 0 saturated carbocycles. The summed E-state index contributed by atoms with van der Waals surface area (Å²) in [5, 5.41) is 3.14. The highest BCUT2D eigenvalue weighted by Gasteiger charge is 2.11. The van der Waals surface area contributed by atoms with Crippen molar-refractivity contribution in [1.82, 2.24) is 8.43 Å². The summed E-state index contributed by atoms with van der Waals surface area (Å²) in [5.74, 6) is 0. The van der Waals surface area contributed by atoms with E-state index in [1.807, 2.05) is 0 Å². The highest BCUT2D eigenvalue weighted by molar-refractivity contribution is 14.1. The Morgan fingerprint density at radius 2 is 2.50 bits per heavy atom. The molecule has 1 saturated heterocycles. The lowest BCUT2D eigenvalue weighted by Crippen LogP contribution is -2.51. The molecule has 8 heavy (non-hydrogen) atoms. The van der Waals surface area contributed by atoms with Crippen molar-refractivity contribution >= 4 is 22.9 Å². The van der Waals surface area contributed by atoms with Gasteiger partial charge in [-0.3, -0.25) is 5.32 Å². The van der Waals surface area contributed by atoms with Gasteiger partial charge in [-0.1, -0.05) is 0 Å². The Labute approximate surface area is 63.1 Å². The maximum absolute atomic E-state index is 5.57. The van der Waals surface area contributed by atoms with Crippen LogP contribution in [-0.4, -0.2) is 28.9 Å². The minimum atomic E-state index is 0.181. The molecule has 1 unspecified atom stereocenters. The van der Waals surface area contributed by atoms with Gasteiger partial charge >= 0.3 is 0 Å². The Hall–Kier alpha value is 0.610. The van der Waals surface area contributed by atoms with Gasteiger partial charge in [0, 0.05) is 42.5 Å². The summed E-state index contributed by atoms with van der Waals surface area (Å²) < 4.78 is 2.19. The Morgan fingerprint density at radius 1 is 1.75 bits per heavy atom. The lowest BCUT2D eigenvalue weighted by Gasteiger charge is -2.26. The van der Waals surface area contributed by atoms with Crippen molar-refractivity contribution in [3.63, 3.8) is 0 Å². The smallest absolute Gasteiger partial charge is 0.0686 e. The fourth-order valence-electron chi connectivity index (χ4n) is 0.741. The number of piperazine rings is 1. The minimum Gasteiger partial charge on any atom is -0.315 e. The second-order valence-corrected chi connectivity index (χ2v) is 3.29. The van der Waals surface area contributed by atoms with Crippen LogP contribution in [0, 0.1) is 0 Å². The van der Waals surface area contributed by atoms with Crippen LogP contribution in [0.5, 0.6) is 0 Å². The van der Waals surface area contributed by atoms with E-state index in [-0.39, 0.29) is 6.17 Å². The Bertz CT molecular complexity index is 69.7. The molecule has 0 amide bonds. The van der Waals surface area contributed by atoms with E-state index in [0.717, 1.165) is 19.6 Å². The van der Waals surface area contributed by atoms with Crippen LogP contribution in [0.1, 0.15) is 0 Å². The van der Waals surface area contributed by atoms with Gasteiger partial charge < -0.3 is 5.73 Å². The standard InChI is InChI=1S/C4H10IN3/c5-8-2-1-7-4(6)3-8/h4,7H,1-3,6H2. The van der Waals surface area contributed by atoms with E-state index in [1.165, 1.54) is 0 Å². The van der Waals surface area contributed by atoms with Gasteiger partial charge in [-0.25, -0.2) is 3.11 Å². The van der Waals surface area contributed by atoms with Crippen LogP contribution in [0.2, 0.25) is 0 Å². The van der Waals surface area contributed by atoms with E-state index in [2.05, 4.69) is 31.3 Å². The molecule has 1 aliphatic heterocycles. The van der Waals surface area contributed by atoms with E-state index < -0.39 is 0 Å². The van der Waals surface area contributed by atoms with Crippen LogP contribution < -0.4 is 11.1 Å². The summed E-state index contributed by atoms with van der Waals surface area (Å²) >= 11 is 2.29. The molecule has 0 aromatic rings. The molecule has 0 spiro atoms. The van der Waals surface area contributed by atoms with E-state index in [4.69, 9.17) is 5.73 Å². The van der Waals surface area contributed by atoms with Gasteiger partial charge in [-0.15, -0.1) is 0 Å². The molecule has 3 N–H and O–H groups in total. The zero-order valence-electron chi connectivity index (χ0n) is 4.60. The van der Waals surface area contributed by atoms with Crippen molar-refractivity contribution in [3.05, 3.63) is 0 Å². The molecule has 48 valence electrons. The van der Waals surface area contributed by atoms with Crippen LogP contribution in [0.3, 0.4) is 0 Å². The first kappa shape index (κ1) is 6.73. The third kappa shape index (κ3) is 1.85. The number of rotatable bonds is 0. The molecule has 1 atom stereocenters. The first-order valence-electron chi connectivity index (χ1n) is 2.69. The van der Waals surface area contributed by atoms with Crippen LogP contribution in [0.4, 0.5) is 0 Å². The zero-order valence-corrected chi connectivity index (χ0v) is 6.76. The molecule has 1 rings (SSSR count). The average molecular weight is 227 g/mol. The average Bonchev–Trinajstić information content (AvgIpc) is 1.64. The highest BCUT2D eigenvalue weighted by atomic mass is 127. The fraction of sp³-hybridized carbons (Fsp3) is 1.00. The fourth-order valence-corrected chi connectivity index (χ4v) is 1.41. The van der Waals surface area contributed by atoms with Gasteiger partial charge in [0.1, 0.15) is 0 Å². The Morgan fingerprint density at radius 3 is 2.88 bits per heavy atom. The van der Waals surface area contributed by atoms with Gasteiger partial charge in [-0.2, -0.15) is 0 Å². The number of hydrogen-bond acceptors (Lipinski definition) is 3. The summed E-state index contributed by atoms with van der Waals surface area (Å²) in [4.78, 5) is 0. The Kier molecular flexibility index (Phi) is 2.48. The normalized spacial score (nSPS) is 33.0. The SMILES string of the molecule is NC1CN(I)CCN1. The first-order valence-corrected chi connectivity index (χ1v) is 3.65. The van der Waals surface area contributed by atoms with Crippen molar-refractivity contribution < 1.29 is 0 Å². The number of nitrogens with one attached hydrogen (secondary N) is 1. The molecule has 1 fully saturated rings. The van der Waals surface area contributed by atoms with Crippen LogP contribution >= 0.6 is 22.9 Å². The zero-order chi connectivity index (χ0) is 5.98. The molecule has 1 aliphatic rings. The predicted molar refractivity (Wildman–Crippen MR) is 41.6 cm³/mol. The summed E-state index contributed by atoms with van der Waals surface area (Å²) in [5.41, 5.74) is 5.57. The van der Waals surface area contributed by atoms with Crippen molar-refractivity contribution in [1.29, 1.82) is 0 Å². The maximum Gasteiger partial charge on any atom is 0.0686 e. The predicted octanol–water partition coefficient (Wildman–Crippen LogP) is -0.474. The Balaban J connectivity index is 2.23. The van der Waals surface area contributed by atoms with E-state index in [9.17, 15) is 0 Å². The topological polar surface area (TPSA) is 41.3 Å². The van der Waals surface area contributed by atoms with Gasteiger partial charge in [-0.05, 0) is 0 Å². The number of halogens is 1. The van der Waals surface area contributed by atoms with E-state index >= 15 is 0 Å². The molecular weight excluding hydrogens is 217 g/mol. The van der Waals surface area contributed by atoms with Crippen molar-refractivity contribution in [3.8, 4) is 0 Å². The van der Waals surface area contributed by atoms with Crippen LogP contribution in [0.15, 0.2) is 0 Å². The van der Waals surface area contributed by atoms with Crippen molar-refractivity contribution in [2.24, 2.45) is 5.73 Å². The molecule has 0 aromatic heterocycles. The monoisotopic (exact) mass is 227 g/mol. The number of nitrogens with zero attached hydrogens (tertiary/aromatic N) is 1. The highest BCUT2D eigenvalue weighted by Crippen LogP contribution is 2.00. The third-order valence-corrected chi connectivity index (χ3v) is 2.03. The van der Waals surface area contributed by atoms with E-state index in [0.29, 0.717) is 0 Å². The summed E-state index contributed by atoms with van der Waals surface area (Å²) in [6, 6.07) is 0. The van der Waals surface area contributed by atoms with Crippen LogP contribution in [-0.2, 0) is 0 Å². The minimum absolute atomic E-state index is 0.181. The number of hydrogen-bond donors (Lipinski definition) is 2. The summed E-state index contributed by atoms with van der Waals surface area (Å²) in [6.07, 6.45) is 0.181. The third-order valence-electron chi connectivity index (χ3n) is 1.16. The van der Waals surface area contributed by atoms with E-state index in [1.54, 1.807) is 0 Å². The molecule has 0 radical (unpaired) electrons. The quantitative estimate of drug-likeness (QED) is 0.434. The molecule has 0 aromatic carbocycles. The lowest BCUT2D eigenvalue weighted by molar-refractivity contribution is 0.346. The molecule has 3 nitrogen and oxygen atoms in total. The van der Waals surface area contributed by atoms with Gasteiger partial charge in [0.2, 0.25) is 0 Å². The number of nitrogens with two attached hydrogens (primary N) is 1. The van der Waals surface area contributed by atoms with Gasteiger partial charge in [0.05, 0.1) is 6.17 Å². The molecule has 1 heterocycles. The first-order chi connectivity index (χ1) is 3.79. The van der Waals surface area contributed by atoms with Gasteiger partial charge in [0.15, 0.2) is 0 Å². The summed E-state index contributed by atoms with van der Waals surface area (Å²) in [6.45, 7) is 3.08. The molecular formula is C4H10IN3. The maximum atomic E-state index is 5.57.